The normalized spacial score (nSPS) is 15.6. The maximum Gasteiger partial charge on any atom is 0.262 e. The molecule has 1 fully saturated rings. The number of likely N-dealkylation sites (tertiary alicyclic amines) is 1. The van der Waals surface area contributed by atoms with Crippen LogP contribution in [0.2, 0.25) is 0 Å². The zero-order valence-corrected chi connectivity index (χ0v) is 14.5. The molecule has 1 aliphatic heterocycles. The molecule has 5 nitrogen and oxygen atoms in total. The van der Waals surface area contributed by atoms with Crippen LogP contribution in [0.15, 0.2) is 54.6 Å². The fraction of sp³-hybridized carbons (Fsp3) is 0.350. The molecule has 1 saturated heterocycles. The van der Waals surface area contributed by atoms with E-state index in [2.05, 4.69) is 17.3 Å². The van der Waals surface area contributed by atoms with Gasteiger partial charge in [-0.05, 0) is 56.3 Å². The predicted molar refractivity (Wildman–Crippen MR) is 98.2 cm³/mol. The van der Waals surface area contributed by atoms with Gasteiger partial charge in [-0.25, -0.2) is 0 Å². The molecule has 0 aromatic heterocycles. The van der Waals surface area contributed by atoms with Gasteiger partial charge >= 0.3 is 0 Å². The molecule has 3 rings (SSSR count). The summed E-state index contributed by atoms with van der Waals surface area (Å²) >= 11 is 0. The monoisotopic (exact) mass is 340 g/mol. The lowest BCUT2D eigenvalue weighted by Crippen LogP contribution is -2.35. The Balaban J connectivity index is 1.44. The molecular weight excluding hydrogens is 316 g/mol. The molecule has 5 heteroatoms. The van der Waals surface area contributed by atoms with Gasteiger partial charge in [0.05, 0.1) is 0 Å². The second-order valence-electron chi connectivity index (χ2n) is 6.29. The first kappa shape index (κ1) is 17.3. The van der Waals surface area contributed by atoms with Gasteiger partial charge in [0.25, 0.3) is 5.91 Å². The molecule has 1 amide bonds. The number of piperidine rings is 1. The number of hydrogen-bond donors (Lipinski definition) is 1. The summed E-state index contributed by atoms with van der Waals surface area (Å²) in [4.78, 5) is 14.3. The molecule has 25 heavy (non-hydrogen) atoms. The van der Waals surface area contributed by atoms with Gasteiger partial charge in [0.2, 0.25) is 0 Å². The Bertz CT molecular complexity index is 665. The van der Waals surface area contributed by atoms with Crippen LogP contribution < -0.4 is 14.8 Å². The van der Waals surface area contributed by atoms with Crippen molar-refractivity contribution < 1.29 is 14.3 Å². The van der Waals surface area contributed by atoms with Gasteiger partial charge in [-0.3, -0.25) is 4.79 Å². The first-order chi connectivity index (χ1) is 12.2. The SMILES string of the molecule is CN1CCC(Oc2ccc(NC(=O)COc3ccccc3)cc2)CC1. The van der Waals surface area contributed by atoms with Crippen molar-refractivity contribution in [3.63, 3.8) is 0 Å². The van der Waals surface area contributed by atoms with Crippen molar-refractivity contribution >= 4 is 11.6 Å². The molecule has 1 heterocycles. The predicted octanol–water partition coefficient (Wildman–Crippen LogP) is 3.18. The third kappa shape index (κ3) is 5.50. The van der Waals surface area contributed by atoms with Crippen molar-refractivity contribution in [2.24, 2.45) is 0 Å². The number of rotatable bonds is 6. The number of hydrogen-bond acceptors (Lipinski definition) is 4. The number of para-hydroxylation sites is 1. The zero-order chi connectivity index (χ0) is 17.5. The lowest BCUT2D eigenvalue weighted by molar-refractivity contribution is -0.118. The van der Waals surface area contributed by atoms with E-state index in [0.29, 0.717) is 5.75 Å². The second kappa shape index (κ2) is 8.53. The molecule has 0 atom stereocenters. The topological polar surface area (TPSA) is 50.8 Å². The summed E-state index contributed by atoms with van der Waals surface area (Å²) in [7, 11) is 2.13. The van der Waals surface area contributed by atoms with Gasteiger partial charge in [-0.15, -0.1) is 0 Å². The maximum atomic E-state index is 11.9. The molecule has 1 aliphatic rings. The van der Waals surface area contributed by atoms with Crippen LogP contribution in [0.4, 0.5) is 5.69 Å². The minimum absolute atomic E-state index is 0.0160. The Morgan fingerprint density at radius 2 is 1.72 bits per heavy atom. The highest BCUT2D eigenvalue weighted by Crippen LogP contribution is 2.20. The van der Waals surface area contributed by atoms with Crippen molar-refractivity contribution in [2.75, 3.05) is 32.1 Å². The van der Waals surface area contributed by atoms with Crippen LogP contribution in [0, 0.1) is 0 Å². The number of nitrogens with zero attached hydrogens (tertiary/aromatic N) is 1. The standard InChI is InChI=1S/C20H24N2O3/c1-22-13-11-19(12-14-22)25-18-9-7-16(8-10-18)21-20(23)15-24-17-5-3-2-4-6-17/h2-10,19H,11-15H2,1H3,(H,21,23). The van der Waals surface area contributed by atoms with Gasteiger partial charge in [-0.2, -0.15) is 0 Å². The molecule has 1 N–H and O–H groups in total. The fourth-order valence-corrected chi connectivity index (χ4v) is 2.77. The summed E-state index contributed by atoms with van der Waals surface area (Å²) in [5.41, 5.74) is 0.734. The van der Waals surface area contributed by atoms with Gasteiger partial charge < -0.3 is 19.7 Å². The highest BCUT2D eigenvalue weighted by molar-refractivity contribution is 5.91. The quantitative estimate of drug-likeness (QED) is 0.877. The van der Waals surface area contributed by atoms with Crippen LogP contribution in [-0.2, 0) is 4.79 Å². The summed E-state index contributed by atoms with van der Waals surface area (Å²) in [6, 6.07) is 16.8. The highest BCUT2D eigenvalue weighted by atomic mass is 16.5. The van der Waals surface area contributed by atoms with E-state index in [-0.39, 0.29) is 18.6 Å². The Morgan fingerprint density at radius 3 is 2.40 bits per heavy atom. The average Bonchev–Trinajstić information content (AvgIpc) is 2.64. The lowest BCUT2D eigenvalue weighted by atomic mass is 10.1. The Hall–Kier alpha value is -2.53. The van der Waals surface area contributed by atoms with Crippen LogP contribution in [0.25, 0.3) is 0 Å². The van der Waals surface area contributed by atoms with Crippen LogP contribution in [-0.4, -0.2) is 43.7 Å². The van der Waals surface area contributed by atoms with Crippen molar-refractivity contribution in [1.82, 2.24) is 4.90 Å². The molecule has 0 radical (unpaired) electrons. The number of carbonyl (C=O) groups is 1. The van der Waals surface area contributed by atoms with Gasteiger partial charge in [0.15, 0.2) is 6.61 Å². The Labute approximate surface area is 148 Å². The number of anilines is 1. The number of nitrogens with one attached hydrogen (secondary N) is 1. The van der Waals surface area contributed by atoms with E-state index in [4.69, 9.17) is 9.47 Å². The minimum atomic E-state index is -0.187. The molecule has 2 aromatic carbocycles. The molecule has 2 aromatic rings. The molecule has 0 saturated carbocycles. The minimum Gasteiger partial charge on any atom is -0.490 e. The van der Waals surface area contributed by atoms with E-state index in [1.54, 1.807) is 0 Å². The molecule has 132 valence electrons. The first-order valence-electron chi connectivity index (χ1n) is 8.62. The third-order valence-electron chi connectivity index (χ3n) is 4.22. The second-order valence-corrected chi connectivity index (χ2v) is 6.29. The molecule has 0 spiro atoms. The van der Waals surface area contributed by atoms with Crippen molar-refractivity contribution in [2.45, 2.75) is 18.9 Å². The van der Waals surface area contributed by atoms with E-state index in [1.807, 2.05) is 54.6 Å². The smallest absolute Gasteiger partial charge is 0.262 e. The molecule has 0 bridgehead atoms. The summed E-state index contributed by atoms with van der Waals surface area (Å²) in [6.45, 7) is 2.12. The maximum absolute atomic E-state index is 11.9. The van der Waals surface area contributed by atoms with E-state index in [9.17, 15) is 4.79 Å². The van der Waals surface area contributed by atoms with Gasteiger partial charge in [0.1, 0.15) is 17.6 Å². The Kier molecular flexibility index (Phi) is 5.90. The van der Waals surface area contributed by atoms with Gasteiger partial charge in [0, 0.05) is 18.8 Å². The zero-order valence-electron chi connectivity index (χ0n) is 14.5. The summed E-state index contributed by atoms with van der Waals surface area (Å²) in [5.74, 6) is 1.33. The number of amides is 1. The van der Waals surface area contributed by atoms with E-state index >= 15 is 0 Å². The van der Waals surface area contributed by atoms with Crippen molar-refractivity contribution in [3.8, 4) is 11.5 Å². The van der Waals surface area contributed by atoms with Crippen LogP contribution in [0.1, 0.15) is 12.8 Å². The van der Waals surface area contributed by atoms with Crippen molar-refractivity contribution in [1.29, 1.82) is 0 Å². The largest absolute Gasteiger partial charge is 0.490 e. The van der Waals surface area contributed by atoms with Crippen molar-refractivity contribution in [3.05, 3.63) is 54.6 Å². The summed E-state index contributed by atoms with van der Waals surface area (Å²) < 4.78 is 11.4. The van der Waals surface area contributed by atoms with E-state index in [0.717, 1.165) is 37.4 Å². The van der Waals surface area contributed by atoms with E-state index in [1.165, 1.54) is 0 Å². The third-order valence-corrected chi connectivity index (χ3v) is 4.22. The number of carbonyl (C=O) groups excluding carboxylic acids is 1. The lowest BCUT2D eigenvalue weighted by Gasteiger charge is -2.29. The van der Waals surface area contributed by atoms with Crippen LogP contribution in [0.3, 0.4) is 0 Å². The highest BCUT2D eigenvalue weighted by Gasteiger charge is 2.17. The number of benzene rings is 2. The van der Waals surface area contributed by atoms with Gasteiger partial charge in [-0.1, -0.05) is 18.2 Å². The van der Waals surface area contributed by atoms with Crippen LogP contribution >= 0.6 is 0 Å². The fourth-order valence-electron chi connectivity index (χ4n) is 2.77. The summed E-state index contributed by atoms with van der Waals surface area (Å²) in [6.07, 6.45) is 2.37. The average molecular weight is 340 g/mol. The summed E-state index contributed by atoms with van der Waals surface area (Å²) in [5, 5.41) is 2.82. The Morgan fingerprint density at radius 1 is 1.04 bits per heavy atom. The molecular formula is C20H24N2O3. The first-order valence-corrected chi connectivity index (χ1v) is 8.62. The molecule has 0 unspecified atom stereocenters. The van der Waals surface area contributed by atoms with Crippen LogP contribution in [0.5, 0.6) is 11.5 Å². The number of ether oxygens (including phenoxy) is 2. The van der Waals surface area contributed by atoms with E-state index < -0.39 is 0 Å². The molecule has 0 aliphatic carbocycles.